The summed E-state index contributed by atoms with van der Waals surface area (Å²) in [5.74, 6) is 0.710. The first-order chi connectivity index (χ1) is 6.54. The van der Waals surface area contributed by atoms with Gasteiger partial charge in [0.05, 0.1) is 7.11 Å². The van der Waals surface area contributed by atoms with E-state index >= 15 is 0 Å². The van der Waals surface area contributed by atoms with Crippen LogP contribution in [0.15, 0.2) is 18.2 Å². The van der Waals surface area contributed by atoms with Crippen molar-refractivity contribution < 1.29 is 9.53 Å². The summed E-state index contributed by atoms with van der Waals surface area (Å²) >= 11 is 0. The van der Waals surface area contributed by atoms with Gasteiger partial charge in [-0.25, -0.2) is 0 Å². The Balaban J connectivity index is 3.09. The molecule has 3 nitrogen and oxygen atoms in total. The lowest BCUT2D eigenvalue weighted by molar-refractivity contribution is 0.0827. The third-order valence-electron chi connectivity index (χ3n) is 1.94. The molecule has 0 saturated heterocycles. The topological polar surface area (TPSA) is 29.5 Å². The largest absolute Gasteiger partial charge is 0.497 e. The number of ether oxygens (including phenoxy) is 1. The van der Waals surface area contributed by atoms with Crippen molar-refractivity contribution >= 4 is 5.91 Å². The van der Waals surface area contributed by atoms with Gasteiger partial charge in [-0.1, -0.05) is 0 Å². The van der Waals surface area contributed by atoms with Gasteiger partial charge in [0.2, 0.25) is 0 Å². The maximum atomic E-state index is 11.6. The molecule has 0 aliphatic heterocycles. The molecule has 0 aliphatic carbocycles. The molecule has 0 heterocycles. The summed E-state index contributed by atoms with van der Waals surface area (Å²) in [6.07, 6.45) is 0. The maximum Gasteiger partial charge on any atom is 0.253 e. The summed E-state index contributed by atoms with van der Waals surface area (Å²) in [5, 5.41) is 0. The van der Waals surface area contributed by atoms with Crippen LogP contribution in [-0.2, 0) is 0 Å². The fraction of sp³-hybridized carbons (Fsp3) is 0.364. The van der Waals surface area contributed by atoms with Crippen molar-refractivity contribution in [3.63, 3.8) is 0 Å². The molecule has 0 spiro atoms. The van der Waals surface area contributed by atoms with Gasteiger partial charge in [0.25, 0.3) is 5.91 Å². The lowest BCUT2D eigenvalue weighted by Crippen LogP contribution is -2.21. The van der Waals surface area contributed by atoms with Crippen molar-refractivity contribution in [1.29, 1.82) is 0 Å². The van der Waals surface area contributed by atoms with E-state index in [4.69, 9.17) is 4.74 Å². The van der Waals surface area contributed by atoms with Gasteiger partial charge in [0.15, 0.2) is 0 Å². The summed E-state index contributed by atoms with van der Waals surface area (Å²) in [6.45, 7) is 1.94. The quantitative estimate of drug-likeness (QED) is 0.715. The minimum Gasteiger partial charge on any atom is -0.497 e. The van der Waals surface area contributed by atoms with Crippen LogP contribution >= 0.6 is 0 Å². The predicted octanol–water partition coefficient (Wildman–Crippen LogP) is 1.71. The Morgan fingerprint density at radius 2 is 1.93 bits per heavy atom. The van der Waals surface area contributed by atoms with Gasteiger partial charge in [0.1, 0.15) is 5.75 Å². The molecular weight excluding hydrogens is 178 g/mol. The van der Waals surface area contributed by atoms with Gasteiger partial charge in [-0.2, -0.15) is 0 Å². The molecule has 0 saturated carbocycles. The number of carbonyl (C=O) groups is 1. The minimum absolute atomic E-state index is 0.00741. The third-order valence-corrected chi connectivity index (χ3v) is 1.94. The average Bonchev–Trinajstić information content (AvgIpc) is 2.15. The zero-order valence-electron chi connectivity index (χ0n) is 9.00. The monoisotopic (exact) mass is 193 g/mol. The highest BCUT2D eigenvalue weighted by atomic mass is 16.5. The summed E-state index contributed by atoms with van der Waals surface area (Å²) in [6, 6.07) is 5.49. The Bertz CT molecular complexity index is 345. The summed E-state index contributed by atoms with van der Waals surface area (Å²) in [5.41, 5.74) is 1.68. The first kappa shape index (κ1) is 10.6. The van der Waals surface area contributed by atoms with E-state index in [9.17, 15) is 4.79 Å². The number of hydrogen-bond donors (Lipinski definition) is 0. The fourth-order valence-electron chi connectivity index (χ4n) is 1.25. The highest BCUT2D eigenvalue weighted by molar-refractivity contribution is 5.94. The minimum atomic E-state index is -0.00741. The molecule has 1 amide bonds. The van der Waals surface area contributed by atoms with E-state index < -0.39 is 0 Å². The number of benzene rings is 1. The van der Waals surface area contributed by atoms with Crippen molar-refractivity contribution in [1.82, 2.24) is 4.90 Å². The Morgan fingerprint density at radius 3 is 2.43 bits per heavy atom. The first-order valence-corrected chi connectivity index (χ1v) is 4.42. The number of hydrogen-bond acceptors (Lipinski definition) is 2. The second-order valence-corrected chi connectivity index (χ2v) is 3.44. The summed E-state index contributed by atoms with van der Waals surface area (Å²) < 4.78 is 5.09. The molecule has 1 aromatic carbocycles. The normalized spacial score (nSPS) is 9.71. The Morgan fingerprint density at radius 1 is 1.29 bits per heavy atom. The molecule has 1 aromatic rings. The number of amides is 1. The second kappa shape index (κ2) is 4.13. The van der Waals surface area contributed by atoms with E-state index in [2.05, 4.69) is 0 Å². The van der Waals surface area contributed by atoms with Crippen LogP contribution in [0.4, 0.5) is 0 Å². The van der Waals surface area contributed by atoms with Gasteiger partial charge in [-0.05, 0) is 30.7 Å². The van der Waals surface area contributed by atoms with E-state index in [1.807, 2.05) is 19.1 Å². The van der Waals surface area contributed by atoms with Gasteiger partial charge < -0.3 is 9.64 Å². The standard InChI is InChI=1S/C11H15NO2/c1-8-5-9(11(13)12(2)3)7-10(6-8)14-4/h5-7H,1-4H3. The molecule has 0 radical (unpaired) electrons. The van der Waals surface area contributed by atoms with Crippen LogP contribution in [-0.4, -0.2) is 32.0 Å². The highest BCUT2D eigenvalue weighted by Gasteiger charge is 2.09. The molecule has 0 unspecified atom stereocenters. The van der Waals surface area contributed by atoms with Crippen molar-refractivity contribution in [3.05, 3.63) is 29.3 Å². The van der Waals surface area contributed by atoms with Crippen LogP contribution in [0.5, 0.6) is 5.75 Å². The predicted molar refractivity (Wildman–Crippen MR) is 55.7 cm³/mol. The van der Waals surface area contributed by atoms with Gasteiger partial charge in [0, 0.05) is 19.7 Å². The Kier molecular flexibility index (Phi) is 3.12. The van der Waals surface area contributed by atoms with Gasteiger partial charge >= 0.3 is 0 Å². The molecule has 0 aliphatic rings. The number of aryl methyl sites for hydroxylation is 1. The zero-order chi connectivity index (χ0) is 10.7. The molecule has 0 atom stereocenters. The van der Waals surface area contributed by atoms with Gasteiger partial charge in [-0.15, -0.1) is 0 Å². The average molecular weight is 193 g/mol. The van der Waals surface area contributed by atoms with Crippen LogP contribution in [0.1, 0.15) is 15.9 Å². The smallest absolute Gasteiger partial charge is 0.253 e. The van der Waals surface area contributed by atoms with Crippen molar-refractivity contribution in [2.75, 3.05) is 21.2 Å². The third kappa shape index (κ3) is 2.25. The second-order valence-electron chi connectivity index (χ2n) is 3.44. The SMILES string of the molecule is COc1cc(C)cc(C(=O)N(C)C)c1. The molecule has 0 N–H and O–H groups in total. The number of rotatable bonds is 2. The fourth-order valence-corrected chi connectivity index (χ4v) is 1.25. The van der Waals surface area contributed by atoms with E-state index in [0.717, 1.165) is 11.3 Å². The summed E-state index contributed by atoms with van der Waals surface area (Å²) in [4.78, 5) is 13.2. The van der Waals surface area contributed by atoms with Crippen LogP contribution in [0.3, 0.4) is 0 Å². The zero-order valence-corrected chi connectivity index (χ0v) is 9.00. The lowest BCUT2D eigenvalue weighted by atomic mass is 10.1. The van der Waals surface area contributed by atoms with E-state index in [1.165, 1.54) is 0 Å². The lowest BCUT2D eigenvalue weighted by Gasteiger charge is -2.11. The molecule has 3 heteroatoms. The summed E-state index contributed by atoms with van der Waals surface area (Å²) in [7, 11) is 5.06. The van der Waals surface area contributed by atoms with Gasteiger partial charge in [-0.3, -0.25) is 4.79 Å². The molecular formula is C11H15NO2. The van der Waals surface area contributed by atoms with E-state index in [-0.39, 0.29) is 5.91 Å². The van der Waals surface area contributed by atoms with Crippen LogP contribution in [0.25, 0.3) is 0 Å². The molecule has 0 fully saturated rings. The van der Waals surface area contributed by atoms with E-state index in [1.54, 1.807) is 32.2 Å². The Hall–Kier alpha value is -1.51. The molecule has 76 valence electrons. The maximum absolute atomic E-state index is 11.6. The molecule has 14 heavy (non-hydrogen) atoms. The van der Waals surface area contributed by atoms with Crippen LogP contribution < -0.4 is 4.74 Å². The molecule has 0 aromatic heterocycles. The van der Waals surface area contributed by atoms with Crippen molar-refractivity contribution in [3.8, 4) is 5.75 Å². The van der Waals surface area contributed by atoms with Crippen molar-refractivity contribution in [2.24, 2.45) is 0 Å². The van der Waals surface area contributed by atoms with Crippen LogP contribution in [0, 0.1) is 6.92 Å². The Labute approximate surface area is 84.3 Å². The number of methoxy groups -OCH3 is 1. The number of nitrogens with zero attached hydrogens (tertiary/aromatic N) is 1. The van der Waals surface area contributed by atoms with Crippen LogP contribution in [0.2, 0.25) is 0 Å². The van der Waals surface area contributed by atoms with Crippen molar-refractivity contribution in [2.45, 2.75) is 6.92 Å². The first-order valence-electron chi connectivity index (χ1n) is 4.42. The molecule has 0 bridgehead atoms. The number of carbonyl (C=O) groups excluding carboxylic acids is 1. The van der Waals surface area contributed by atoms with E-state index in [0.29, 0.717) is 5.56 Å². The molecule has 1 rings (SSSR count). The highest BCUT2D eigenvalue weighted by Crippen LogP contribution is 2.17.